The van der Waals surface area contributed by atoms with Crippen LogP contribution in [-0.4, -0.2) is 56.5 Å². The Morgan fingerprint density at radius 3 is 2.71 bits per heavy atom. The molecule has 2 heterocycles. The fraction of sp³-hybridized carbons (Fsp3) is 0.870. The van der Waals surface area contributed by atoms with Gasteiger partial charge in [-0.3, -0.25) is 9.69 Å². The maximum absolute atomic E-state index is 11.7. The number of hydrogen-bond acceptors (Lipinski definition) is 4. The first-order chi connectivity index (χ1) is 13.5. The summed E-state index contributed by atoms with van der Waals surface area (Å²) in [4.78, 5) is 13.9. The van der Waals surface area contributed by atoms with Gasteiger partial charge < -0.3 is 15.3 Å². The molecule has 8 atom stereocenters. The van der Waals surface area contributed by atoms with Crippen LogP contribution >= 0.6 is 0 Å². The first kappa shape index (κ1) is 21.8. The van der Waals surface area contributed by atoms with E-state index in [1.807, 2.05) is 12.2 Å². The van der Waals surface area contributed by atoms with Crippen LogP contribution in [0.5, 0.6) is 0 Å². The van der Waals surface area contributed by atoms with E-state index in [1.165, 1.54) is 19.3 Å². The highest BCUT2D eigenvalue weighted by Gasteiger charge is 2.54. The molecule has 1 saturated carbocycles. The lowest BCUT2D eigenvalue weighted by molar-refractivity contribution is -0.146. The van der Waals surface area contributed by atoms with Crippen molar-refractivity contribution in [2.45, 2.75) is 108 Å². The average Bonchev–Trinajstić information content (AvgIpc) is 3.17. The molecule has 3 fully saturated rings. The zero-order chi connectivity index (χ0) is 20.3. The van der Waals surface area contributed by atoms with E-state index in [9.17, 15) is 20.1 Å². The summed E-state index contributed by atoms with van der Waals surface area (Å²) in [6.07, 6.45) is 12.9. The summed E-state index contributed by atoms with van der Waals surface area (Å²) < 4.78 is 0. The van der Waals surface area contributed by atoms with E-state index >= 15 is 0 Å². The van der Waals surface area contributed by atoms with Gasteiger partial charge in [-0.1, -0.05) is 51.7 Å². The Balaban J connectivity index is 1.62. The van der Waals surface area contributed by atoms with Crippen molar-refractivity contribution in [3.63, 3.8) is 0 Å². The molecule has 5 nitrogen and oxygen atoms in total. The van der Waals surface area contributed by atoms with Gasteiger partial charge in [0.1, 0.15) is 6.04 Å². The van der Waals surface area contributed by atoms with Gasteiger partial charge >= 0.3 is 5.97 Å². The minimum Gasteiger partial charge on any atom is -0.480 e. The van der Waals surface area contributed by atoms with Gasteiger partial charge in [-0.25, -0.2) is 0 Å². The van der Waals surface area contributed by atoms with Crippen LogP contribution in [0.4, 0.5) is 0 Å². The summed E-state index contributed by atoms with van der Waals surface area (Å²) in [7, 11) is 0. The third kappa shape index (κ3) is 4.63. The van der Waals surface area contributed by atoms with Crippen LogP contribution in [0.15, 0.2) is 12.2 Å². The zero-order valence-corrected chi connectivity index (χ0v) is 17.5. The van der Waals surface area contributed by atoms with Crippen molar-refractivity contribution in [2.24, 2.45) is 17.8 Å². The molecule has 0 aromatic carbocycles. The van der Waals surface area contributed by atoms with Gasteiger partial charge in [-0.2, -0.15) is 0 Å². The number of carbonyl (C=O) groups is 1. The number of rotatable bonds is 9. The molecule has 3 unspecified atom stereocenters. The Kier molecular flexibility index (Phi) is 7.57. The average molecular weight is 394 g/mol. The highest BCUT2D eigenvalue weighted by molar-refractivity contribution is 5.73. The van der Waals surface area contributed by atoms with Gasteiger partial charge in [0.2, 0.25) is 0 Å². The van der Waals surface area contributed by atoms with Crippen LogP contribution in [-0.2, 0) is 4.79 Å². The number of hydrogen-bond donors (Lipinski definition) is 3. The summed E-state index contributed by atoms with van der Waals surface area (Å²) >= 11 is 0. The minimum atomic E-state index is -0.716. The first-order valence-corrected chi connectivity index (χ1v) is 11.5. The lowest BCUT2D eigenvalue weighted by atomic mass is 9.87. The molecule has 2 aliphatic heterocycles. The SMILES string of the molecule is CCCCC(CC)C[C@@H](O)/C=C/[C@@H]1[C@H]2CC3CCCC(C(=O)O)N3[C@@H]2C[C@H]1O. The van der Waals surface area contributed by atoms with Crippen molar-refractivity contribution < 1.29 is 20.1 Å². The van der Waals surface area contributed by atoms with Crippen LogP contribution < -0.4 is 0 Å². The zero-order valence-electron chi connectivity index (χ0n) is 17.5. The smallest absolute Gasteiger partial charge is 0.320 e. The van der Waals surface area contributed by atoms with Crippen LogP contribution in [0.25, 0.3) is 0 Å². The molecule has 3 aliphatic rings. The Morgan fingerprint density at radius 1 is 1.25 bits per heavy atom. The van der Waals surface area contributed by atoms with Gasteiger partial charge in [-0.15, -0.1) is 0 Å². The van der Waals surface area contributed by atoms with E-state index in [-0.39, 0.29) is 12.0 Å². The Bertz CT molecular complexity index is 551. The van der Waals surface area contributed by atoms with E-state index in [0.29, 0.717) is 24.3 Å². The molecule has 0 aromatic heterocycles. The van der Waals surface area contributed by atoms with Crippen molar-refractivity contribution in [2.75, 3.05) is 0 Å². The third-order valence-electron chi connectivity index (χ3n) is 7.60. The highest BCUT2D eigenvalue weighted by atomic mass is 16.4. The quantitative estimate of drug-likeness (QED) is 0.522. The van der Waals surface area contributed by atoms with Crippen LogP contribution in [0.2, 0.25) is 0 Å². The van der Waals surface area contributed by atoms with Gasteiger partial charge in [0, 0.05) is 18.0 Å². The topological polar surface area (TPSA) is 81.0 Å². The second-order valence-electron chi connectivity index (χ2n) is 9.34. The second kappa shape index (κ2) is 9.73. The van der Waals surface area contributed by atoms with Crippen molar-refractivity contribution in [1.29, 1.82) is 0 Å². The third-order valence-corrected chi connectivity index (χ3v) is 7.60. The fourth-order valence-corrected chi connectivity index (χ4v) is 6.11. The molecule has 160 valence electrons. The van der Waals surface area contributed by atoms with E-state index < -0.39 is 24.2 Å². The van der Waals surface area contributed by atoms with Crippen LogP contribution in [0.1, 0.15) is 78.1 Å². The number of carboxylic acid groups (broad SMARTS) is 1. The molecule has 3 rings (SSSR count). The monoisotopic (exact) mass is 393 g/mol. The molecule has 1 aliphatic carbocycles. The van der Waals surface area contributed by atoms with Gasteiger partial charge in [-0.05, 0) is 50.4 Å². The number of carboxylic acids is 1. The van der Waals surface area contributed by atoms with Crippen molar-refractivity contribution >= 4 is 5.97 Å². The maximum atomic E-state index is 11.7. The number of nitrogens with zero attached hydrogens (tertiary/aromatic N) is 1. The standard InChI is InChI=1S/C23H39NO4/c1-3-5-7-15(4-2)12-17(25)10-11-18-19-13-16-8-6-9-20(23(27)28)24(16)21(19)14-22(18)26/h10-11,15-22,25-26H,3-9,12-14H2,1-2H3,(H,27,28)/b11-10+/t15?,16?,17-,18+,19+,20?,21+,22+/m0/s1. The number of unbranched alkanes of at least 4 members (excludes halogenated alkanes) is 1. The Labute approximate surface area is 169 Å². The van der Waals surface area contributed by atoms with Crippen LogP contribution in [0, 0.1) is 17.8 Å². The van der Waals surface area contributed by atoms with E-state index in [2.05, 4.69) is 18.7 Å². The predicted molar refractivity (Wildman–Crippen MR) is 110 cm³/mol. The minimum absolute atomic E-state index is 0.0374. The van der Waals surface area contributed by atoms with Gasteiger partial charge in [0.25, 0.3) is 0 Å². The van der Waals surface area contributed by atoms with Gasteiger partial charge in [0.05, 0.1) is 12.2 Å². The molecule has 0 spiro atoms. The fourth-order valence-electron chi connectivity index (χ4n) is 6.11. The molecule has 0 amide bonds. The van der Waals surface area contributed by atoms with Crippen molar-refractivity contribution in [3.05, 3.63) is 12.2 Å². The van der Waals surface area contributed by atoms with E-state index in [0.717, 1.165) is 38.5 Å². The number of aliphatic hydroxyl groups is 2. The largest absolute Gasteiger partial charge is 0.480 e. The van der Waals surface area contributed by atoms with Crippen molar-refractivity contribution in [3.8, 4) is 0 Å². The lowest BCUT2D eigenvalue weighted by Gasteiger charge is -2.38. The molecule has 28 heavy (non-hydrogen) atoms. The molecule has 0 bridgehead atoms. The first-order valence-electron chi connectivity index (χ1n) is 11.5. The molecule has 5 heteroatoms. The highest BCUT2D eigenvalue weighted by Crippen LogP contribution is 2.49. The molecule has 2 saturated heterocycles. The number of aliphatic hydroxyl groups excluding tert-OH is 2. The Hall–Kier alpha value is -0.910. The summed E-state index contributed by atoms with van der Waals surface area (Å²) in [6, 6.07) is 0.121. The van der Waals surface area contributed by atoms with E-state index in [1.54, 1.807) is 0 Å². The molecule has 0 aromatic rings. The van der Waals surface area contributed by atoms with E-state index in [4.69, 9.17) is 0 Å². The van der Waals surface area contributed by atoms with Crippen molar-refractivity contribution in [1.82, 2.24) is 4.90 Å². The summed E-state index contributed by atoms with van der Waals surface area (Å²) in [5.74, 6) is 0.186. The summed E-state index contributed by atoms with van der Waals surface area (Å²) in [6.45, 7) is 4.39. The number of fused-ring (bicyclic) bond motifs is 3. The predicted octanol–water partition coefficient (Wildman–Crippen LogP) is 3.59. The van der Waals surface area contributed by atoms with Gasteiger partial charge in [0.15, 0.2) is 0 Å². The molecular formula is C23H39NO4. The normalized spacial score (nSPS) is 37.7. The molecule has 3 N–H and O–H groups in total. The Morgan fingerprint density at radius 2 is 2.04 bits per heavy atom. The number of piperidine rings is 1. The summed E-state index contributed by atoms with van der Waals surface area (Å²) in [5, 5.41) is 30.8. The maximum Gasteiger partial charge on any atom is 0.320 e. The van der Waals surface area contributed by atoms with Crippen LogP contribution in [0.3, 0.4) is 0 Å². The lowest BCUT2D eigenvalue weighted by Crippen LogP contribution is -2.51. The molecular weight excluding hydrogens is 354 g/mol. The second-order valence-corrected chi connectivity index (χ2v) is 9.34. The number of aliphatic carboxylic acids is 1. The summed E-state index contributed by atoms with van der Waals surface area (Å²) in [5.41, 5.74) is 0. The molecule has 0 radical (unpaired) electrons.